The quantitative estimate of drug-likeness (QED) is 0.399. The number of hydrogen-bond donors (Lipinski definition) is 2. The van der Waals surface area contributed by atoms with Crippen LogP contribution in [0.15, 0.2) is 23.2 Å². The molecule has 126 valence electrons. The Morgan fingerprint density at radius 2 is 2.14 bits per heavy atom. The largest absolute Gasteiger partial charge is 0.383 e. The fourth-order valence-corrected chi connectivity index (χ4v) is 1.95. The maximum absolute atomic E-state index is 13.7. The third-order valence-corrected chi connectivity index (χ3v) is 2.84. The van der Waals surface area contributed by atoms with Crippen molar-refractivity contribution in [3.05, 3.63) is 35.1 Å². The van der Waals surface area contributed by atoms with Gasteiger partial charge in [-0.15, -0.1) is 24.0 Å². The lowest BCUT2D eigenvalue weighted by Gasteiger charge is -2.13. The van der Waals surface area contributed by atoms with Gasteiger partial charge in [0.2, 0.25) is 0 Å². The SMILES string of the molecule is COCC(C)NC(N)=NCc1ccc(F)c(CN(C)C)c1.I. The first-order valence-electron chi connectivity index (χ1n) is 6.89. The van der Waals surface area contributed by atoms with Crippen LogP contribution in [0.2, 0.25) is 0 Å². The number of nitrogens with two attached hydrogens (primary N) is 1. The molecule has 0 heterocycles. The van der Waals surface area contributed by atoms with Gasteiger partial charge in [0.05, 0.1) is 13.2 Å². The maximum atomic E-state index is 13.7. The molecule has 0 bridgehead atoms. The Morgan fingerprint density at radius 1 is 1.45 bits per heavy atom. The summed E-state index contributed by atoms with van der Waals surface area (Å²) in [5.41, 5.74) is 7.39. The van der Waals surface area contributed by atoms with E-state index >= 15 is 0 Å². The average molecular weight is 424 g/mol. The molecule has 0 aliphatic heterocycles. The van der Waals surface area contributed by atoms with Gasteiger partial charge < -0.3 is 20.7 Å². The van der Waals surface area contributed by atoms with E-state index in [2.05, 4.69) is 10.3 Å². The monoisotopic (exact) mass is 424 g/mol. The molecule has 1 atom stereocenters. The Morgan fingerprint density at radius 3 is 2.73 bits per heavy atom. The van der Waals surface area contributed by atoms with Crippen LogP contribution in [0.25, 0.3) is 0 Å². The average Bonchev–Trinajstić information content (AvgIpc) is 2.39. The summed E-state index contributed by atoms with van der Waals surface area (Å²) in [6.45, 7) is 3.49. The van der Waals surface area contributed by atoms with Gasteiger partial charge in [0.25, 0.3) is 0 Å². The van der Waals surface area contributed by atoms with E-state index in [-0.39, 0.29) is 35.8 Å². The lowest BCUT2D eigenvalue weighted by atomic mass is 10.1. The lowest BCUT2D eigenvalue weighted by molar-refractivity contribution is 0.179. The van der Waals surface area contributed by atoms with Crippen LogP contribution in [0.5, 0.6) is 0 Å². The van der Waals surface area contributed by atoms with Crippen LogP contribution >= 0.6 is 24.0 Å². The van der Waals surface area contributed by atoms with E-state index in [0.29, 0.717) is 31.2 Å². The number of nitrogens with one attached hydrogen (secondary N) is 1. The molecule has 1 aromatic rings. The van der Waals surface area contributed by atoms with Crippen molar-refractivity contribution >= 4 is 29.9 Å². The summed E-state index contributed by atoms with van der Waals surface area (Å²) in [6.07, 6.45) is 0. The van der Waals surface area contributed by atoms with Gasteiger partial charge in [0.1, 0.15) is 5.82 Å². The molecule has 5 nitrogen and oxygen atoms in total. The minimum Gasteiger partial charge on any atom is -0.383 e. The minimum absolute atomic E-state index is 0. The Bertz CT molecular complexity index is 483. The van der Waals surface area contributed by atoms with Crippen molar-refractivity contribution in [2.24, 2.45) is 10.7 Å². The third kappa shape index (κ3) is 7.90. The predicted octanol–water partition coefficient (Wildman–Crippen LogP) is 1.94. The second-order valence-corrected chi connectivity index (χ2v) is 5.37. The van der Waals surface area contributed by atoms with Crippen molar-refractivity contribution in [1.29, 1.82) is 0 Å². The normalized spacial score (nSPS) is 12.9. The van der Waals surface area contributed by atoms with Crippen LogP contribution in [-0.4, -0.2) is 44.7 Å². The molecule has 0 radical (unpaired) electrons. The highest BCUT2D eigenvalue weighted by atomic mass is 127. The van der Waals surface area contributed by atoms with Crippen LogP contribution in [0, 0.1) is 5.82 Å². The van der Waals surface area contributed by atoms with Gasteiger partial charge in [0.15, 0.2) is 5.96 Å². The summed E-state index contributed by atoms with van der Waals surface area (Å²) in [7, 11) is 5.45. The first-order valence-corrected chi connectivity index (χ1v) is 6.89. The van der Waals surface area contributed by atoms with Gasteiger partial charge in [-0.1, -0.05) is 6.07 Å². The number of methoxy groups -OCH3 is 1. The second kappa shape index (κ2) is 10.7. The van der Waals surface area contributed by atoms with Crippen molar-refractivity contribution in [3.8, 4) is 0 Å². The first-order chi connectivity index (χ1) is 9.92. The molecule has 0 saturated heterocycles. The van der Waals surface area contributed by atoms with Gasteiger partial charge in [-0.25, -0.2) is 9.38 Å². The molecule has 0 saturated carbocycles. The number of benzene rings is 1. The summed E-state index contributed by atoms with van der Waals surface area (Å²) in [6, 6.07) is 5.12. The zero-order chi connectivity index (χ0) is 15.8. The van der Waals surface area contributed by atoms with Gasteiger partial charge in [-0.3, -0.25) is 0 Å². The number of hydrogen-bond acceptors (Lipinski definition) is 3. The van der Waals surface area contributed by atoms with Crippen molar-refractivity contribution in [3.63, 3.8) is 0 Å². The highest BCUT2D eigenvalue weighted by Gasteiger charge is 2.05. The Kier molecular flexibility index (Phi) is 10.3. The Hall–Kier alpha value is -0.930. The zero-order valence-corrected chi connectivity index (χ0v) is 15.9. The third-order valence-electron chi connectivity index (χ3n) is 2.84. The summed E-state index contributed by atoms with van der Waals surface area (Å²) < 4.78 is 18.7. The van der Waals surface area contributed by atoms with E-state index in [1.54, 1.807) is 13.2 Å². The number of rotatable bonds is 7. The van der Waals surface area contributed by atoms with E-state index in [9.17, 15) is 4.39 Å². The molecule has 1 unspecified atom stereocenters. The van der Waals surface area contributed by atoms with Crippen LogP contribution in [0.4, 0.5) is 4.39 Å². The Balaban J connectivity index is 0.00000441. The van der Waals surface area contributed by atoms with E-state index < -0.39 is 0 Å². The van der Waals surface area contributed by atoms with E-state index in [1.165, 1.54) is 6.07 Å². The van der Waals surface area contributed by atoms with Crippen molar-refractivity contribution in [2.45, 2.75) is 26.1 Å². The van der Waals surface area contributed by atoms with Crippen molar-refractivity contribution < 1.29 is 9.13 Å². The van der Waals surface area contributed by atoms with Gasteiger partial charge in [-0.2, -0.15) is 0 Å². The van der Waals surface area contributed by atoms with Crippen molar-refractivity contribution in [1.82, 2.24) is 10.2 Å². The number of guanidine groups is 1. The maximum Gasteiger partial charge on any atom is 0.189 e. The summed E-state index contributed by atoms with van der Waals surface area (Å²) in [5, 5.41) is 3.03. The van der Waals surface area contributed by atoms with Crippen LogP contribution in [0.1, 0.15) is 18.1 Å². The number of halogens is 2. The zero-order valence-electron chi connectivity index (χ0n) is 13.6. The van der Waals surface area contributed by atoms with Gasteiger partial charge in [0, 0.05) is 25.3 Å². The molecule has 0 fully saturated rings. The van der Waals surface area contributed by atoms with Crippen LogP contribution in [0.3, 0.4) is 0 Å². The standard InChI is InChI=1S/C15H25FN4O.HI/c1-11(10-21-4)19-15(17)18-8-12-5-6-14(16)13(7-12)9-20(2)3;/h5-7,11H,8-10H2,1-4H3,(H3,17,18,19);1H. The molecule has 0 aliphatic rings. The predicted molar refractivity (Wildman–Crippen MR) is 99.0 cm³/mol. The molecule has 0 aliphatic carbocycles. The molecule has 1 rings (SSSR count). The molecule has 22 heavy (non-hydrogen) atoms. The minimum atomic E-state index is -0.198. The molecule has 0 aromatic heterocycles. The first kappa shape index (κ1) is 21.1. The molecule has 7 heteroatoms. The van der Waals surface area contributed by atoms with Gasteiger partial charge in [-0.05, 0) is 38.7 Å². The number of aliphatic imine (C=N–C) groups is 1. The van der Waals surface area contributed by atoms with Gasteiger partial charge >= 0.3 is 0 Å². The fraction of sp³-hybridized carbons (Fsp3) is 0.533. The van der Waals surface area contributed by atoms with Crippen LogP contribution < -0.4 is 11.1 Å². The number of nitrogens with zero attached hydrogens (tertiary/aromatic N) is 2. The number of ether oxygens (including phenoxy) is 1. The lowest BCUT2D eigenvalue weighted by Crippen LogP contribution is -2.40. The second-order valence-electron chi connectivity index (χ2n) is 5.37. The molecular weight excluding hydrogens is 398 g/mol. The molecule has 0 spiro atoms. The Labute approximate surface area is 149 Å². The van der Waals surface area contributed by atoms with Crippen LogP contribution in [-0.2, 0) is 17.8 Å². The molecular formula is C15H26FIN4O. The van der Waals surface area contributed by atoms with E-state index in [1.807, 2.05) is 32.0 Å². The smallest absolute Gasteiger partial charge is 0.189 e. The summed E-state index contributed by atoms with van der Waals surface area (Å²) in [4.78, 5) is 6.18. The summed E-state index contributed by atoms with van der Waals surface area (Å²) >= 11 is 0. The molecule has 0 amide bonds. The highest BCUT2D eigenvalue weighted by Crippen LogP contribution is 2.13. The topological polar surface area (TPSA) is 62.9 Å². The highest BCUT2D eigenvalue weighted by molar-refractivity contribution is 14.0. The molecule has 3 N–H and O–H groups in total. The molecule has 1 aromatic carbocycles. The summed E-state index contributed by atoms with van der Waals surface area (Å²) in [5.74, 6) is 0.161. The fourth-order valence-electron chi connectivity index (χ4n) is 1.95. The van der Waals surface area contributed by atoms with Crippen molar-refractivity contribution in [2.75, 3.05) is 27.8 Å². The van der Waals surface area contributed by atoms with E-state index in [0.717, 1.165) is 5.56 Å². The van der Waals surface area contributed by atoms with E-state index in [4.69, 9.17) is 10.5 Å².